The Morgan fingerprint density at radius 2 is 1.03 bits per heavy atom. The van der Waals surface area contributed by atoms with Crippen LogP contribution in [0.25, 0.3) is 0 Å². The molecule has 3 rings (SSSR count). The summed E-state index contributed by atoms with van der Waals surface area (Å²) in [5.41, 5.74) is 2.75. The van der Waals surface area contributed by atoms with Gasteiger partial charge in [0, 0.05) is 36.7 Å². The summed E-state index contributed by atoms with van der Waals surface area (Å²) in [5, 5.41) is 0. The quantitative estimate of drug-likeness (QED) is 0.170. The molecule has 1 aromatic rings. The van der Waals surface area contributed by atoms with Gasteiger partial charge in [-0.05, 0) is 71.2 Å². The van der Waals surface area contributed by atoms with Crippen molar-refractivity contribution in [3.63, 3.8) is 0 Å². The fourth-order valence-corrected chi connectivity index (χ4v) is 10.6. The van der Waals surface area contributed by atoms with E-state index in [0.717, 1.165) is 33.2 Å². The summed E-state index contributed by atoms with van der Waals surface area (Å²) < 4.78 is 2.17. The van der Waals surface area contributed by atoms with E-state index in [1.807, 2.05) is 21.6 Å². The second kappa shape index (κ2) is 17.9. The standard InChI is InChI=1S/C28H44N2S6/c1-3-19-29(25-11-7-5-8-12-25)27(31)35-33-21-23-15-17-24(18-16-23)22-34-36-28(32)30(20-4-2)26-13-9-6-10-14-26/h15-18,25-26H,3-14,19-22H2,1-2H3. The average Bonchev–Trinajstić information content (AvgIpc) is 2.92. The Labute approximate surface area is 247 Å². The van der Waals surface area contributed by atoms with E-state index in [1.54, 1.807) is 21.6 Å². The molecule has 0 aromatic heterocycles. The van der Waals surface area contributed by atoms with Crippen molar-refractivity contribution in [2.75, 3.05) is 13.1 Å². The third-order valence-corrected chi connectivity index (χ3v) is 13.0. The topological polar surface area (TPSA) is 6.48 Å². The van der Waals surface area contributed by atoms with Crippen LogP contribution in [-0.2, 0) is 11.5 Å². The molecule has 0 atom stereocenters. The molecule has 2 aliphatic carbocycles. The molecule has 0 unspecified atom stereocenters. The fourth-order valence-electron chi connectivity index (χ4n) is 5.24. The van der Waals surface area contributed by atoms with Crippen LogP contribution in [0.3, 0.4) is 0 Å². The van der Waals surface area contributed by atoms with Crippen molar-refractivity contribution in [2.24, 2.45) is 0 Å². The van der Waals surface area contributed by atoms with Gasteiger partial charge >= 0.3 is 0 Å². The highest BCUT2D eigenvalue weighted by Gasteiger charge is 2.24. The Morgan fingerprint density at radius 1 is 0.667 bits per heavy atom. The first-order valence-corrected chi connectivity index (χ1v) is 19.4. The molecule has 0 heterocycles. The lowest BCUT2D eigenvalue weighted by atomic mass is 9.94. The molecule has 202 valence electrons. The van der Waals surface area contributed by atoms with Gasteiger partial charge in [-0.25, -0.2) is 0 Å². The molecule has 2 nitrogen and oxygen atoms in total. The summed E-state index contributed by atoms with van der Waals surface area (Å²) in [6, 6.07) is 10.5. The van der Waals surface area contributed by atoms with Crippen LogP contribution in [-0.4, -0.2) is 43.6 Å². The van der Waals surface area contributed by atoms with Gasteiger partial charge in [0.05, 0.1) is 0 Å². The van der Waals surface area contributed by atoms with Gasteiger partial charge < -0.3 is 9.80 Å². The highest BCUT2D eigenvalue weighted by Crippen LogP contribution is 2.34. The van der Waals surface area contributed by atoms with Crippen molar-refractivity contribution in [2.45, 2.75) is 114 Å². The number of hydrogen-bond acceptors (Lipinski definition) is 6. The maximum atomic E-state index is 5.85. The largest absolute Gasteiger partial charge is 0.354 e. The first-order valence-electron chi connectivity index (χ1n) is 13.9. The van der Waals surface area contributed by atoms with Gasteiger partial charge in [-0.2, -0.15) is 0 Å². The van der Waals surface area contributed by atoms with Gasteiger partial charge in [0.25, 0.3) is 0 Å². The summed E-state index contributed by atoms with van der Waals surface area (Å²) in [4.78, 5) is 5.04. The van der Waals surface area contributed by atoms with E-state index >= 15 is 0 Å². The number of thiocarbonyl (C=S) groups is 2. The molecule has 1 aromatic carbocycles. The molecule has 0 N–H and O–H groups in total. The SMILES string of the molecule is CCCN(C(=S)SSCc1ccc(CSSC(=S)N(CCC)C2CCCCC2)cc1)C1CCCCC1. The van der Waals surface area contributed by atoms with E-state index < -0.39 is 0 Å². The minimum Gasteiger partial charge on any atom is -0.354 e. The molecule has 0 spiro atoms. The lowest BCUT2D eigenvalue weighted by Gasteiger charge is -2.35. The summed E-state index contributed by atoms with van der Waals surface area (Å²) in [5.74, 6) is 1.99. The van der Waals surface area contributed by atoms with E-state index in [0.29, 0.717) is 12.1 Å². The van der Waals surface area contributed by atoms with Gasteiger partial charge in [-0.15, -0.1) is 0 Å². The molecular formula is C28H44N2S6. The molecule has 8 heteroatoms. The number of hydrogen-bond donors (Lipinski definition) is 0. The van der Waals surface area contributed by atoms with Crippen LogP contribution in [0.1, 0.15) is 102 Å². The molecule has 36 heavy (non-hydrogen) atoms. The van der Waals surface area contributed by atoms with Crippen molar-refractivity contribution in [1.29, 1.82) is 0 Å². The monoisotopic (exact) mass is 600 g/mol. The summed E-state index contributed by atoms with van der Waals surface area (Å²) in [7, 11) is 7.37. The Bertz CT molecular complexity index is 710. The Kier molecular flexibility index (Phi) is 15.4. The van der Waals surface area contributed by atoms with Crippen molar-refractivity contribution < 1.29 is 0 Å². The maximum Gasteiger partial charge on any atom is 0.147 e. The van der Waals surface area contributed by atoms with Gasteiger partial charge in [0.15, 0.2) is 0 Å². The minimum atomic E-state index is 0.665. The maximum absolute atomic E-state index is 5.85. The summed E-state index contributed by atoms with van der Waals surface area (Å²) in [6.07, 6.45) is 15.8. The van der Waals surface area contributed by atoms with Crippen LogP contribution in [0.4, 0.5) is 0 Å². The second-order valence-electron chi connectivity index (χ2n) is 10.0. The van der Waals surface area contributed by atoms with Crippen molar-refractivity contribution in [3.8, 4) is 0 Å². The highest BCUT2D eigenvalue weighted by atomic mass is 33.1. The Hall–Kier alpha value is 0.400. The van der Waals surface area contributed by atoms with Crippen molar-refractivity contribution in [1.82, 2.24) is 9.80 Å². The van der Waals surface area contributed by atoms with Gasteiger partial charge in [-0.1, -0.05) is 123 Å². The number of rotatable bonds is 12. The molecule has 0 saturated heterocycles. The van der Waals surface area contributed by atoms with E-state index in [-0.39, 0.29) is 0 Å². The van der Waals surface area contributed by atoms with Crippen molar-refractivity contribution >= 4 is 76.3 Å². The molecule has 2 aliphatic rings. The lowest BCUT2D eigenvalue weighted by molar-refractivity contribution is 0.251. The zero-order valence-electron chi connectivity index (χ0n) is 22.1. The number of nitrogens with zero attached hydrogens (tertiary/aromatic N) is 2. The molecule has 0 radical (unpaired) electrons. The third kappa shape index (κ3) is 10.5. The third-order valence-electron chi connectivity index (χ3n) is 7.16. The average molecular weight is 601 g/mol. The van der Waals surface area contributed by atoms with Gasteiger partial charge in [0.2, 0.25) is 0 Å². The normalized spacial score (nSPS) is 17.2. The van der Waals surface area contributed by atoms with E-state index in [9.17, 15) is 0 Å². The second-order valence-corrected chi connectivity index (χ2v) is 15.9. The zero-order valence-corrected chi connectivity index (χ0v) is 27.0. The molecule has 0 bridgehead atoms. The van der Waals surface area contributed by atoms with E-state index in [4.69, 9.17) is 24.4 Å². The van der Waals surface area contributed by atoms with Crippen LogP contribution < -0.4 is 0 Å². The van der Waals surface area contributed by atoms with Crippen LogP contribution in [0.15, 0.2) is 24.3 Å². The number of benzene rings is 1. The van der Waals surface area contributed by atoms with Gasteiger partial charge in [-0.3, -0.25) is 0 Å². The summed E-state index contributed by atoms with van der Waals surface area (Å²) >= 11 is 11.7. The smallest absolute Gasteiger partial charge is 0.147 e. The van der Waals surface area contributed by atoms with Crippen LogP contribution in [0.2, 0.25) is 0 Å². The van der Waals surface area contributed by atoms with Crippen LogP contribution in [0.5, 0.6) is 0 Å². The predicted octanol–water partition coefficient (Wildman–Crippen LogP) is 10.1. The Balaban J connectivity index is 1.38. The summed E-state index contributed by atoms with van der Waals surface area (Å²) in [6.45, 7) is 6.73. The zero-order chi connectivity index (χ0) is 25.6. The molecular weight excluding hydrogens is 557 g/mol. The molecule has 2 fully saturated rings. The molecule has 2 saturated carbocycles. The predicted molar refractivity (Wildman–Crippen MR) is 177 cm³/mol. The van der Waals surface area contributed by atoms with E-state index in [2.05, 4.69) is 47.9 Å². The minimum absolute atomic E-state index is 0.665. The first kappa shape index (κ1) is 30.9. The van der Waals surface area contributed by atoms with Crippen LogP contribution in [0, 0.1) is 0 Å². The van der Waals surface area contributed by atoms with Crippen LogP contribution >= 0.6 is 67.6 Å². The highest BCUT2D eigenvalue weighted by molar-refractivity contribution is 8.83. The molecule has 0 aliphatic heterocycles. The Morgan fingerprint density at radius 3 is 1.36 bits per heavy atom. The molecule has 0 amide bonds. The van der Waals surface area contributed by atoms with Gasteiger partial charge in [0.1, 0.15) is 8.64 Å². The van der Waals surface area contributed by atoms with Crippen molar-refractivity contribution in [3.05, 3.63) is 35.4 Å². The first-order chi connectivity index (χ1) is 17.6. The lowest BCUT2D eigenvalue weighted by Crippen LogP contribution is -2.39. The fraction of sp³-hybridized carbons (Fsp3) is 0.714. The van der Waals surface area contributed by atoms with E-state index in [1.165, 1.54) is 88.2 Å².